The van der Waals surface area contributed by atoms with Gasteiger partial charge in [-0.15, -0.1) is 0 Å². The molecule has 4 aromatic rings. The number of hydrogen-bond donors (Lipinski definition) is 1. The van der Waals surface area contributed by atoms with Crippen molar-refractivity contribution in [1.29, 1.82) is 0 Å². The lowest BCUT2D eigenvalue weighted by molar-refractivity contribution is 0.186. The van der Waals surface area contributed by atoms with Crippen LogP contribution < -0.4 is 0 Å². The van der Waals surface area contributed by atoms with E-state index in [1.54, 1.807) is 6.07 Å². The molecule has 0 spiro atoms. The summed E-state index contributed by atoms with van der Waals surface area (Å²) in [5.74, 6) is 0.661. The van der Waals surface area contributed by atoms with Gasteiger partial charge in [0.05, 0.1) is 17.1 Å². The number of aromatic hydroxyl groups is 1. The smallest absolute Gasteiger partial charge is 0.136 e. The highest BCUT2D eigenvalue weighted by molar-refractivity contribution is 5.74. The number of hydrogen-bond acceptors (Lipinski definition) is 5. The van der Waals surface area contributed by atoms with E-state index in [2.05, 4.69) is 27.1 Å². The van der Waals surface area contributed by atoms with Crippen molar-refractivity contribution < 1.29 is 5.11 Å². The molecule has 1 saturated heterocycles. The van der Waals surface area contributed by atoms with Gasteiger partial charge in [0.15, 0.2) is 0 Å². The van der Waals surface area contributed by atoms with E-state index in [-0.39, 0.29) is 5.75 Å². The minimum Gasteiger partial charge on any atom is -0.507 e. The second-order valence-corrected chi connectivity index (χ2v) is 7.56. The molecule has 0 amide bonds. The first kappa shape index (κ1) is 16.9. The van der Waals surface area contributed by atoms with Gasteiger partial charge in [0.1, 0.15) is 11.4 Å². The van der Waals surface area contributed by atoms with Gasteiger partial charge in [-0.1, -0.05) is 6.07 Å². The molecule has 0 aliphatic carbocycles. The molecule has 6 heteroatoms. The van der Waals surface area contributed by atoms with Crippen molar-refractivity contribution in [3.63, 3.8) is 0 Å². The Kier molecular flexibility index (Phi) is 3.87. The van der Waals surface area contributed by atoms with Crippen LogP contribution in [0.25, 0.3) is 28.0 Å². The molecule has 28 heavy (non-hydrogen) atoms. The summed E-state index contributed by atoms with van der Waals surface area (Å²) in [6, 6.07) is 13.6. The van der Waals surface area contributed by atoms with Gasteiger partial charge < -0.3 is 14.4 Å². The maximum Gasteiger partial charge on any atom is 0.136 e. The van der Waals surface area contributed by atoms with Crippen molar-refractivity contribution >= 4 is 5.65 Å². The van der Waals surface area contributed by atoms with Gasteiger partial charge in [-0.05, 0) is 61.5 Å². The summed E-state index contributed by atoms with van der Waals surface area (Å²) in [7, 11) is 2.10. The average Bonchev–Trinajstić information content (AvgIpc) is 3.05. The summed E-state index contributed by atoms with van der Waals surface area (Å²) >= 11 is 0. The molecule has 1 aromatic carbocycles. The Hall–Kier alpha value is -3.25. The first-order valence-electron chi connectivity index (χ1n) is 9.38. The van der Waals surface area contributed by atoms with Crippen LogP contribution in [0.4, 0.5) is 0 Å². The molecule has 1 fully saturated rings. The summed E-state index contributed by atoms with van der Waals surface area (Å²) in [6.45, 7) is 4.02. The van der Waals surface area contributed by atoms with Crippen LogP contribution in [-0.2, 0) is 0 Å². The molecule has 5 rings (SSSR count). The zero-order chi connectivity index (χ0) is 19.3. The Balaban J connectivity index is 1.44. The number of rotatable bonds is 3. The van der Waals surface area contributed by atoms with Crippen LogP contribution in [0.15, 0.2) is 54.9 Å². The third-order valence-corrected chi connectivity index (χ3v) is 5.35. The molecule has 140 valence electrons. The normalized spacial score (nSPS) is 15.1. The van der Waals surface area contributed by atoms with Crippen LogP contribution in [0.2, 0.25) is 0 Å². The molecule has 0 radical (unpaired) electrons. The Morgan fingerprint density at radius 1 is 0.964 bits per heavy atom. The minimum absolute atomic E-state index is 0.199. The number of pyridine rings is 1. The van der Waals surface area contributed by atoms with Gasteiger partial charge in [-0.3, -0.25) is 0 Å². The average molecular weight is 371 g/mol. The molecule has 4 heterocycles. The number of nitrogens with zero attached hydrogens (tertiary/aromatic N) is 5. The first-order valence-corrected chi connectivity index (χ1v) is 9.38. The van der Waals surface area contributed by atoms with Crippen LogP contribution >= 0.6 is 0 Å². The Morgan fingerprint density at radius 2 is 1.79 bits per heavy atom. The van der Waals surface area contributed by atoms with Crippen molar-refractivity contribution in [2.24, 2.45) is 0 Å². The molecule has 1 aliphatic rings. The second kappa shape index (κ2) is 6.42. The fourth-order valence-corrected chi connectivity index (χ4v) is 3.81. The van der Waals surface area contributed by atoms with E-state index < -0.39 is 0 Å². The summed E-state index contributed by atoms with van der Waals surface area (Å²) in [5, 5.41) is 19.3. The van der Waals surface area contributed by atoms with E-state index in [0.717, 1.165) is 41.3 Å². The highest BCUT2D eigenvalue weighted by atomic mass is 16.3. The van der Waals surface area contributed by atoms with E-state index in [4.69, 9.17) is 0 Å². The fraction of sp³-hybridized carbons (Fsp3) is 0.227. The molecule has 1 N–H and O–H groups in total. The number of aromatic nitrogens is 4. The molecule has 0 unspecified atom stereocenters. The van der Waals surface area contributed by atoms with Crippen LogP contribution in [0, 0.1) is 6.92 Å². The quantitative estimate of drug-likeness (QED) is 0.597. The molecule has 0 saturated carbocycles. The SMILES string of the molecule is Cc1cn2cc(-c3ccc(-c4ccc(C5CN(C)C5)nn4)c(O)c3)ccc2n1. The highest BCUT2D eigenvalue weighted by Crippen LogP contribution is 2.33. The van der Waals surface area contributed by atoms with Gasteiger partial charge in [0.2, 0.25) is 0 Å². The van der Waals surface area contributed by atoms with Crippen LogP contribution in [0.3, 0.4) is 0 Å². The molecule has 6 nitrogen and oxygen atoms in total. The number of phenolic OH excluding ortho intramolecular Hbond substituents is 1. The van der Waals surface area contributed by atoms with E-state index in [1.807, 2.05) is 60.1 Å². The lowest BCUT2D eigenvalue weighted by Crippen LogP contribution is -2.42. The first-order chi connectivity index (χ1) is 13.6. The van der Waals surface area contributed by atoms with E-state index in [0.29, 0.717) is 17.2 Å². The van der Waals surface area contributed by atoms with Gasteiger partial charge >= 0.3 is 0 Å². The Bertz CT molecular complexity index is 1160. The molecule has 0 atom stereocenters. The third kappa shape index (κ3) is 2.92. The predicted molar refractivity (Wildman–Crippen MR) is 108 cm³/mol. The number of likely N-dealkylation sites (tertiary alicyclic amines) is 1. The number of likely N-dealkylation sites (N-methyl/N-ethyl adjacent to an activating group) is 1. The lowest BCUT2D eigenvalue weighted by Gasteiger charge is -2.35. The van der Waals surface area contributed by atoms with E-state index >= 15 is 0 Å². The summed E-state index contributed by atoms with van der Waals surface area (Å²) < 4.78 is 2.00. The number of imidazole rings is 1. The maximum atomic E-state index is 10.6. The van der Waals surface area contributed by atoms with Gasteiger partial charge in [-0.2, -0.15) is 10.2 Å². The molecule has 3 aromatic heterocycles. The van der Waals surface area contributed by atoms with Crippen molar-refractivity contribution in [3.05, 3.63) is 66.2 Å². The Labute approximate surface area is 163 Å². The monoisotopic (exact) mass is 371 g/mol. The number of benzene rings is 1. The zero-order valence-corrected chi connectivity index (χ0v) is 15.9. The van der Waals surface area contributed by atoms with Gasteiger partial charge in [-0.25, -0.2) is 4.98 Å². The van der Waals surface area contributed by atoms with Crippen molar-refractivity contribution in [1.82, 2.24) is 24.5 Å². The van der Waals surface area contributed by atoms with Crippen LogP contribution in [0.1, 0.15) is 17.3 Å². The topological polar surface area (TPSA) is 66.5 Å². The minimum atomic E-state index is 0.199. The zero-order valence-electron chi connectivity index (χ0n) is 15.9. The number of fused-ring (bicyclic) bond motifs is 1. The summed E-state index contributed by atoms with van der Waals surface area (Å²) in [4.78, 5) is 6.71. The van der Waals surface area contributed by atoms with E-state index in [9.17, 15) is 5.11 Å². The second-order valence-electron chi connectivity index (χ2n) is 7.56. The van der Waals surface area contributed by atoms with Gasteiger partial charge in [0.25, 0.3) is 0 Å². The van der Waals surface area contributed by atoms with Crippen molar-refractivity contribution in [3.8, 4) is 28.1 Å². The molecular weight excluding hydrogens is 350 g/mol. The third-order valence-electron chi connectivity index (χ3n) is 5.35. The summed E-state index contributed by atoms with van der Waals surface area (Å²) in [6.07, 6.45) is 4.01. The highest BCUT2D eigenvalue weighted by Gasteiger charge is 2.26. The van der Waals surface area contributed by atoms with Crippen molar-refractivity contribution in [2.75, 3.05) is 20.1 Å². The standard InChI is InChI=1S/C22H21N5O/c1-14-10-27-13-16(4-8-22(27)23-14)15-3-5-18(21(28)9-15)20-7-6-19(24-25-20)17-11-26(2)12-17/h3-10,13,17,28H,11-12H2,1-2H3. The number of aryl methyl sites for hydroxylation is 1. The Morgan fingerprint density at radius 3 is 2.50 bits per heavy atom. The van der Waals surface area contributed by atoms with Crippen molar-refractivity contribution in [2.45, 2.75) is 12.8 Å². The molecular formula is C22H21N5O. The lowest BCUT2D eigenvalue weighted by atomic mass is 9.96. The molecule has 0 bridgehead atoms. The number of phenols is 1. The molecule has 1 aliphatic heterocycles. The fourth-order valence-electron chi connectivity index (χ4n) is 3.81. The maximum absolute atomic E-state index is 10.6. The largest absolute Gasteiger partial charge is 0.507 e. The summed E-state index contributed by atoms with van der Waals surface area (Å²) in [5.41, 5.74) is 6.23. The van der Waals surface area contributed by atoms with Gasteiger partial charge in [0, 0.05) is 37.0 Å². The van der Waals surface area contributed by atoms with Crippen LogP contribution in [0.5, 0.6) is 5.75 Å². The van der Waals surface area contributed by atoms with E-state index in [1.165, 1.54) is 0 Å². The predicted octanol–water partition coefficient (Wildman–Crippen LogP) is 3.50. The van der Waals surface area contributed by atoms with Crippen LogP contribution in [-0.4, -0.2) is 49.7 Å².